The topological polar surface area (TPSA) is 28.5 Å². The molecule has 0 unspecified atom stereocenters. The van der Waals surface area contributed by atoms with Gasteiger partial charge in [-0.25, -0.2) is 0 Å². The van der Waals surface area contributed by atoms with E-state index in [2.05, 4.69) is 82.4 Å². The average Bonchev–Trinajstić information content (AvgIpc) is 3.24. The largest absolute Gasteiger partial charge is 0.340 e. The van der Waals surface area contributed by atoms with Crippen LogP contribution >= 0.6 is 0 Å². The molecule has 4 aromatic rings. The van der Waals surface area contributed by atoms with Crippen molar-refractivity contribution in [2.45, 2.75) is 20.4 Å². The van der Waals surface area contributed by atoms with E-state index in [1.54, 1.807) is 0 Å². The maximum atomic E-state index is 12.3. The number of aromatic nitrogens is 1. The molecule has 0 N–H and O–H groups in total. The lowest BCUT2D eigenvalue weighted by Gasteiger charge is -2.35. The van der Waals surface area contributed by atoms with Crippen LogP contribution in [0.2, 0.25) is 0 Å². The van der Waals surface area contributed by atoms with E-state index in [4.69, 9.17) is 0 Å². The first-order chi connectivity index (χ1) is 15.1. The highest BCUT2D eigenvalue weighted by atomic mass is 16.2. The minimum Gasteiger partial charge on any atom is -0.340 e. The van der Waals surface area contributed by atoms with Gasteiger partial charge in [-0.1, -0.05) is 56.3 Å². The molecule has 0 saturated carbocycles. The third-order valence-corrected chi connectivity index (χ3v) is 6.41. The Morgan fingerprint density at radius 2 is 1.65 bits per heavy atom. The van der Waals surface area contributed by atoms with Crippen LogP contribution in [0.1, 0.15) is 19.4 Å². The first kappa shape index (κ1) is 19.8. The minimum atomic E-state index is 0.0789. The van der Waals surface area contributed by atoms with Gasteiger partial charge in [0.1, 0.15) is 0 Å². The molecule has 5 rings (SSSR count). The summed E-state index contributed by atoms with van der Waals surface area (Å²) in [5.74, 6) is 0.351. The second-order valence-corrected chi connectivity index (χ2v) is 8.82. The summed E-state index contributed by atoms with van der Waals surface area (Å²) in [4.78, 5) is 16.7. The molecule has 2 heterocycles. The molecule has 4 heteroatoms. The fourth-order valence-corrected chi connectivity index (χ4v) is 4.65. The third-order valence-electron chi connectivity index (χ3n) is 6.41. The van der Waals surface area contributed by atoms with E-state index in [0.29, 0.717) is 0 Å². The second kappa shape index (κ2) is 8.20. The molecule has 0 atom stereocenters. The van der Waals surface area contributed by atoms with Crippen molar-refractivity contribution < 1.29 is 4.79 Å². The van der Waals surface area contributed by atoms with Crippen molar-refractivity contribution in [2.75, 3.05) is 26.2 Å². The Balaban J connectivity index is 1.38. The smallest absolute Gasteiger partial charge is 0.225 e. The van der Waals surface area contributed by atoms with Crippen molar-refractivity contribution in [3.8, 4) is 5.69 Å². The van der Waals surface area contributed by atoms with Crippen LogP contribution in [0.25, 0.3) is 27.4 Å². The van der Waals surface area contributed by atoms with Crippen LogP contribution in [0.3, 0.4) is 0 Å². The average molecular weight is 412 g/mol. The number of hydrogen-bond acceptors (Lipinski definition) is 2. The lowest BCUT2D eigenvalue weighted by atomic mass is 10.1. The molecule has 1 aliphatic heterocycles. The van der Waals surface area contributed by atoms with E-state index >= 15 is 0 Å². The van der Waals surface area contributed by atoms with Crippen molar-refractivity contribution in [3.63, 3.8) is 0 Å². The minimum absolute atomic E-state index is 0.0789. The Labute approximate surface area is 183 Å². The summed E-state index contributed by atoms with van der Waals surface area (Å²) in [6.45, 7) is 8.39. The Morgan fingerprint density at radius 3 is 2.42 bits per heavy atom. The highest BCUT2D eigenvalue weighted by Crippen LogP contribution is 2.27. The van der Waals surface area contributed by atoms with Crippen LogP contribution in [-0.4, -0.2) is 46.5 Å². The highest BCUT2D eigenvalue weighted by Gasteiger charge is 2.23. The standard InChI is InChI=1S/C27H29N3O/c1-20(2)27(31)29-16-14-28(15-17-29)19-23-8-5-9-26-25(23)12-13-30(26)24-11-10-21-6-3-4-7-22(21)18-24/h3-13,18,20H,14-17,19H2,1-2H3. The van der Waals surface area contributed by atoms with Gasteiger partial charge in [0.05, 0.1) is 5.52 Å². The number of carbonyl (C=O) groups excluding carboxylic acids is 1. The maximum Gasteiger partial charge on any atom is 0.225 e. The summed E-state index contributed by atoms with van der Waals surface area (Å²) in [6, 6.07) is 24.0. The molecule has 1 aromatic heterocycles. The molecule has 3 aromatic carbocycles. The Kier molecular flexibility index (Phi) is 5.24. The molecular weight excluding hydrogens is 382 g/mol. The molecule has 4 nitrogen and oxygen atoms in total. The highest BCUT2D eigenvalue weighted by molar-refractivity contribution is 5.88. The Morgan fingerprint density at radius 1 is 0.871 bits per heavy atom. The molecule has 0 aliphatic carbocycles. The molecule has 0 radical (unpaired) electrons. The van der Waals surface area contributed by atoms with Gasteiger partial charge in [0, 0.05) is 55.9 Å². The zero-order valence-electron chi connectivity index (χ0n) is 18.3. The van der Waals surface area contributed by atoms with Gasteiger partial charge in [-0.3, -0.25) is 9.69 Å². The number of benzene rings is 3. The predicted octanol–water partition coefficient (Wildman–Crippen LogP) is 5.08. The number of piperazine rings is 1. The van der Waals surface area contributed by atoms with E-state index in [9.17, 15) is 4.79 Å². The van der Waals surface area contributed by atoms with Gasteiger partial charge in [-0.2, -0.15) is 0 Å². The van der Waals surface area contributed by atoms with Gasteiger partial charge in [-0.15, -0.1) is 0 Å². The first-order valence-electron chi connectivity index (χ1n) is 11.2. The van der Waals surface area contributed by atoms with Gasteiger partial charge < -0.3 is 9.47 Å². The second-order valence-electron chi connectivity index (χ2n) is 8.82. The van der Waals surface area contributed by atoms with Crippen LogP contribution < -0.4 is 0 Å². The van der Waals surface area contributed by atoms with Crippen molar-refractivity contribution in [2.24, 2.45) is 5.92 Å². The van der Waals surface area contributed by atoms with E-state index in [1.165, 1.54) is 32.9 Å². The molecule has 0 bridgehead atoms. The Hall–Kier alpha value is -3.11. The summed E-state index contributed by atoms with van der Waals surface area (Å²) < 4.78 is 2.28. The number of fused-ring (bicyclic) bond motifs is 2. The summed E-state index contributed by atoms with van der Waals surface area (Å²) in [5.41, 5.74) is 3.77. The molecule has 1 amide bonds. The van der Waals surface area contributed by atoms with Gasteiger partial charge in [0.15, 0.2) is 0 Å². The molecule has 158 valence electrons. The van der Waals surface area contributed by atoms with Gasteiger partial charge in [0.2, 0.25) is 5.91 Å². The fraction of sp³-hybridized carbons (Fsp3) is 0.296. The van der Waals surface area contributed by atoms with E-state index in [0.717, 1.165) is 32.7 Å². The Bertz CT molecular complexity index is 1230. The predicted molar refractivity (Wildman–Crippen MR) is 127 cm³/mol. The number of nitrogens with zero attached hydrogens (tertiary/aromatic N) is 3. The monoisotopic (exact) mass is 411 g/mol. The van der Waals surface area contributed by atoms with Crippen LogP contribution in [0.4, 0.5) is 0 Å². The summed E-state index contributed by atoms with van der Waals surface area (Å²) in [5, 5.41) is 3.82. The van der Waals surface area contributed by atoms with Crippen LogP contribution in [0, 0.1) is 5.92 Å². The zero-order valence-corrected chi connectivity index (χ0v) is 18.3. The van der Waals surface area contributed by atoms with Crippen molar-refractivity contribution in [1.29, 1.82) is 0 Å². The summed E-state index contributed by atoms with van der Waals surface area (Å²) in [6.07, 6.45) is 2.18. The molecule has 0 spiro atoms. The van der Waals surface area contributed by atoms with Gasteiger partial charge >= 0.3 is 0 Å². The first-order valence-corrected chi connectivity index (χ1v) is 11.2. The number of hydrogen-bond donors (Lipinski definition) is 0. The normalized spacial score (nSPS) is 15.3. The van der Waals surface area contributed by atoms with Crippen molar-refractivity contribution in [3.05, 3.63) is 78.5 Å². The van der Waals surface area contributed by atoms with Crippen LogP contribution in [0.15, 0.2) is 72.9 Å². The van der Waals surface area contributed by atoms with Crippen molar-refractivity contribution >= 4 is 27.6 Å². The molecule has 31 heavy (non-hydrogen) atoms. The lowest BCUT2D eigenvalue weighted by molar-refractivity contribution is -0.136. The van der Waals surface area contributed by atoms with Crippen LogP contribution in [0.5, 0.6) is 0 Å². The SMILES string of the molecule is CC(C)C(=O)N1CCN(Cc2cccc3c2ccn3-c2ccc3ccccc3c2)CC1. The fourth-order valence-electron chi connectivity index (χ4n) is 4.65. The maximum absolute atomic E-state index is 12.3. The summed E-state index contributed by atoms with van der Waals surface area (Å²) in [7, 11) is 0. The van der Waals surface area contributed by atoms with E-state index in [-0.39, 0.29) is 11.8 Å². The van der Waals surface area contributed by atoms with Gasteiger partial charge in [0.25, 0.3) is 0 Å². The quantitative estimate of drug-likeness (QED) is 0.468. The number of amides is 1. The number of carbonyl (C=O) groups is 1. The number of rotatable bonds is 4. The molecular formula is C27H29N3O. The summed E-state index contributed by atoms with van der Waals surface area (Å²) >= 11 is 0. The van der Waals surface area contributed by atoms with Crippen LogP contribution in [-0.2, 0) is 11.3 Å². The third kappa shape index (κ3) is 3.84. The molecule has 1 aliphatic rings. The zero-order chi connectivity index (χ0) is 21.4. The van der Waals surface area contributed by atoms with Gasteiger partial charge in [-0.05, 0) is 40.6 Å². The van der Waals surface area contributed by atoms with E-state index in [1.807, 2.05) is 18.7 Å². The van der Waals surface area contributed by atoms with E-state index < -0.39 is 0 Å². The van der Waals surface area contributed by atoms with Crippen molar-refractivity contribution in [1.82, 2.24) is 14.4 Å². The molecule has 1 fully saturated rings. The molecule has 1 saturated heterocycles. The lowest BCUT2D eigenvalue weighted by Crippen LogP contribution is -2.49.